The summed E-state index contributed by atoms with van der Waals surface area (Å²) in [6.45, 7) is 0.177. The highest BCUT2D eigenvalue weighted by atomic mass is 79.9. The van der Waals surface area contributed by atoms with Crippen molar-refractivity contribution in [2.45, 2.75) is 19.0 Å². The van der Waals surface area contributed by atoms with Gasteiger partial charge in [-0.15, -0.1) is 0 Å². The number of amides is 1. The van der Waals surface area contributed by atoms with Crippen molar-refractivity contribution in [3.63, 3.8) is 0 Å². The second-order valence-corrected chi connectivity index (χ2v) is 8.02. The van der Waals surface area contributed by atoms with Crippen LogP contribution in [0, 0.1) is 5.82 Å². The number of nitrogens with one attached hydrogen (secondary N) is 1. The van der Waals surface area contributed by atoms with Crippen molar-refractivity contribution in [3.8, 4) is 0 Å². The van der Waals surface area contributed by atoms with Crippen LogP contribution < -0.4 is 10.9 Å². The number of hydrogen-bond acceptors (Lipinski definition) is 4. The number of aromatic nitrogens is 4. The predicted octanol–water partition coefficient (Wildman–Crippen LogP) is 3.33. The molecule has 9 heteroatoms. The van der Waals surface area contributed by atoms with Crippen molar-refractivity contribution in [1.29, 1.82) is 0 Å². The highest BCUT2D eigenvalue weighted by Gasteiger charge is 2.21. The molecule has 1 unspecified atom stereocenters. The lowest BCUT2D eigenvalue weighted by Gasteiger charge is -2.19. The monoisotopic (exact) mass is 483 g/mol. The Bertz CT molecular complexity index is 1300. The van der Waals surface area contributed by atoms with Crippen LogP contribution in [0.15, 0.2) is 70.5 Å². The molecule has 1 atom stereocenters. The van der Waals surface area contributed by atoms with Crippen molar-refractivity contribution >= 4 is 32.7 Å². The SMILES string of the molecule is Cn1ccnc1C(NC(=O)CCn1cnc2ccc(Br)cc2c1=O)c1ccc(F)cc1. The highest BCUT2D eigenvalue weighted by molar-refractivity contribution is 9.10. The first-order valence-electron chi connectivity index (χ1n) is 9.59. The van der Waals surface area contributed by atoms with Crippen LogP contribution in [0.4, 0.5) is 4.39 Å². The van der Waals surface area contributed by atoms with Crippen LogP contribution in [0.2, 0.25) is 0 Å². The second kappa shape index (κ2) is 8.81. The lowest BCUT2D eigenvalue weighted by molar-refractivity contribution is -0.121. The summed E-state index contributed by atoms with van der Waals surface area (Å²) in [5, 5.41) is 3.42. The van der Waals surface area contributed by atoms with E-state index in [1.807, 2.05) is 13.1 Å². The first-order valence-corrected chi connectivity index (χ1v) is 10.4. The van der Waals surface area contributed by atoms with Crippen LogP contribution in [0.1, 0.15) is 23.9 Å². The van der Waals surface area contributed by atoms with Gasteiger partial charge in [0.1, 0.15) is 17.7 Å². The maximum absolute atomic E-state index is 13.4. The van der Waals surface area contributed by atoms with Crippen molar-refractivity contribution in [1.82, 2.24) is 24.4 Å². The van der Waals surface area contributed by atoms with Gasteiger partial charge in [0.05, 0.1) is 17.2 Å². The maximum atomic E-state index is 13.4. The Kier molecular flexibility index (Phi) is 5.94. The molecule has 31 heavy (non-hydrogen) atoms. The van der Waals surface area contributed by atoms with Gasteiger partial charge in [-0.1, -0.05) is 28.1 Å². The number of imidazole rings is 1. The lowest BCUT2D eigenvalue weighted by atomic mass is 10.1. The van der Waals surface area contributed by atoms with E-state index in [1.54, 1.807) is 41.2 Å². The Morgan fingerprint density at radius 1 is 1.19 bits per heavy atom. The van der Waals surface area contributed by atoms with Gasteiger partial charge >= 0.3 is 0 Å². The van der Waals surface area contributed by atoms with Gasteiger partial charge in [0.25, 0.3) is 5.56 Å². The maximum Gasteiger partial charge on any atom is 0.261 e. The molecule has 2 heterocycles. The number of hydrogen-bond donors (Lipinski definition) is 1. The Labute approximate surface area is 185 Å². The standard InChI is InChI=1S/C22H19BrFN5O2/c1-28-11-9-25-21(28)20(14-2-5-16(24)6-3-14)27-19(30)8-10-29-13-26-18-7-4-15(23)12-17(18)22(29)31/h2-7,9,11-13,20H,8,10H2,1H3,(H,27,30). The normalized spacial score (nSPS) is 12.1. The Balaban J connectivity index is 1.53. The van der Waals surface area contributed by atoms with Gasteiger partial charge in [-0.05, 0) is 35.9 Å². The molecule has 1 amide bonds. The molecule has 0 saturated heterocycles. The summed E-state index contributed by atoms with van der Waals surface area (Å²) in [5.41, 5.74) is 1.09. The minimum absolute atomic E-state index is 0.0726. The average Bonchev–Trinajstić information content (AvgIpc) is 3.18. The quantitative estimate of drug-likeness (QED) is 0.456. The predicted molar refractivity (Wildman–Crippen MR) is 118 cm³/mol. The number of carbonyl (C=O) groups excluding carboxylic acids is 1. The number of benzene rings is 2. The van der Waals surface area contributed by atoms with Crippen molar-refractivity contribution in [3.05, 3.63) is 93.2 Å². The molecule has 0 radical (unpaired) electrons. The highest BCUT2D eigenvalue weighted by Crippen LogP contribution is 2.21. The van der Waals surface area contributed by atoms with Gasteiger partial charge in [-0.3, -0.25) is 14.2 Å². The lowest BCUT2D eigenvalue weighted by Crippen LogP contribution is -2.32. The topological polar surface area (TPSA) is 81.8 Å². The Morgan fingerprint density at radius 2 is 1.97 bits per heavy atom. The van der Waals surface area contributed by atoms with Crippen LogP contribution in [0.5, 0.6) is 0 Å². The summed E-state index contributed by atoms with van der Waals surface area (Å²) in [5.74, 6) is -0.00334. The molecule has 0 aliphatic carbocycles. The first-order chi connectivity index (χ1) is 14.9. The number of halogens is 2. The molecule has 0 aliphatic rings. The summed E-state index contributed by atoms with van der Waals surface area (Å²) < 4.78 is 17.4. The first kappa shape index (κ1) is 20.9. The van der Waals surface area contributed by atoms with E-state index in [4.69, 9.17) is 0 Å². The summed E-state index contributed by atoms with van der Waals surface area (Å²) in [6, 6.07) is 10.7. The molecule has 2 aromatic carbocycles. The minimum Gasteiger partial charge on any atom is -0.342 e. The number of carbonyl (C=O) groups is 1. The van der Waals surface area contributed by atoms with Crippen LogP contribution in [-0.4, -0.2) is 25.0 Å². The third-order valence-corrected chi connectivity index (χ3v) is 5.48. The van der Waals surface area contributed by atoms with Gasteiger partial charge in [-0.25, -0.2) is 14.4 Å². The fourth-order valence-corrected chi connectivity index (χ4v) is 3.71. The Hall–Kier alpha value is -3.33. The molecular weight excluding hydrogens is 465 g/mol. The summed E-state index contributed by atoms with van der Waals surface area (Å²) in [6.07, 6.45) is 4.93. The number of aryl methyl sites for hydroxylation is 2. The van der Waals surface area contributed by atoms with Gasteiger partial charge < -0.3 is 9.88 Å². The van der Waals surface area contributed by atoms with Crippen molar-refractivity contribution in [2.75, 3.05) is 0 Å². The van der Waals surface area contributed by atoms with Gasteiger partial charge in [-0.2, -0.15) is 0 Å². The van der Waals surface area contributed by atoms with Crippen LogP contribution in [-0.2, 0) is 18.4 Å². The van der Waals surface area contributed by atoms with Gasteiger partial charge in [0.2, 0.25) is 5.91 Å². The molecule has 4 rings (SSSR count). The van der Waals surface area contributed by atoms with E-state index in [2.05, 4.69) is 31.2 Å². The van der Waals surface area contributed by atoms with E-state index in [9.17, 15) is 14.0 Å². The molecule has 0 saturated carbocycles. The third-order valence-electron chi connectivity index (χ3n) is 4.99. The van der Waals surface area contributed by atoms with E-state index in [0.717, 1.165) is 4.47 Å². The van der Waals surface area contributed by atoms with E-state index < -0.39 is 6.04 Å². The summed E-state index contributed by atoms with van der Waals surface area (Å²) >= 11 is 3.36. The Morgan fingerprint density at radius 3 is 2.68 bits per heavy atom. The van der Waals surface area contributed by atoms with E-state index in [-0.39, 0.29) is 30.2 Å². The molecule has 0 spiro atoms. The fourth-order valence-electron chi connectivity index (χ4n) is 3.35. The van der Waals surface area contributed by atoms with Crippen LogP contribution in [0.3, 0.4) is 0 Å². The molecule has 0 bridgehead atoms. The molecule has 2 aromatic heterocycles. The van der Waals surface area contributed by atoms with E-state index in [0.29, 0.717) is 22.3 Å². The zero-order valence-corrected chi connectivity index (χ0v) is 18.2. The third kappa shape index (κ3) is 4.56. The van der Waals surface area contributed by atoms with Crippen LogP contribution >= 0.6 is 15.9 Å². The zero-order valence-electron chi connectivity index (χ0n) is 16.6. The van der Waals surface area contributed by atoms with E-state index in [1.165, 1.54) is 23.0 Å². The van der Waals surface area contributed by atoms with E-state index >= 15 is 0 Å². The second-order valence-electron chi connectivity index (χ2n) is 7.10. The van der Waals surface area contributed by atoms with Crippen molar-refractivity contribution in [2.24, 2.45) is 7.05 Å². The summed E-state index contributed by atoms with van der Waals surface area (Å²) in [4.78, 5) is 34.1. The number of nitrogens with zero attached hydrogens (tertiary/aromatic N) is 4. The number of fused-ring (bicyclic) bond motifs is 1. The molecule has 4 aromatic rings. The molecule has 0 aliphatic heterocycles. The van der Waals surface area contributed by atoms with Gasteiger partial charge in [0, 0.05) is 36.9 Å². The molecule has 158 valence electrons. The smallest absolute Gasteiger partial charge is 0.261 e. The van der Waals surface area contributed by atoms with Crippen molar-refractivity contribution < 1.29 is 9.18 Å². The van der Waals surface area contributed by atoms with Crippen LogP contribution in [0.25, 0.3) is 10.9 Å². The molecule has 7 nitrogen and oxygen atoms in total. The largest absolute Gasteiger partial charge is 0.342 e. The molecule has 0 fully saturated rings. The summed E-state index contributed by atoms with van der Waals surface area (Å²) in [7, 11) is 1.82. The fraction of sp³-hybridized carbons (Fsp3) is 0.182. The minimum atomic E-state index is -0.546. The zero-order chi connectivity index (χ0) is 22.0. The molecular formula is C22H19BrFN5O2. The average molecular weight is 484 g/mol. The molecule has 1 N–H and O–H groups in total. The van der Waals surface area contributed by atoms with Gasteiger partial charge in [0.15, 0.2) is 0 Å². The number of rotatable bonds is 6.